The van der Waals surface area contributed by atoms with Crippen molar-refractivity contribution >= 4 is 5.78 Å². The molecule has 2 rings (SSSR count). The van der Waals surface area contributed by atoms with E-state index in [4.69, 9.17) is 0 Å². The number of Topliss-reactive ketones (excluding diaryl/α,β-unsaturated/α-hetero) is 1. The fraction of sp³-hybridized carbons (Fsp3) is 0.438. The number of carbonyl (C=O) groups is 1. The summed E-state index contributed by atoms with van der Waals surface area (Å²) in [4.78, 5) is 15.9. The minimum absolute atomic E-state index is 0. The van der Waals surface area contributed by atoms with Crippen LogP contribution in [0.15, 0.2) is 6.07 Å². The molecule has 120 valence electrons. The molecule has 0 aliphatic carbocycles. The monoisotopic (exact) mass is 309 g/mol. The molecule has 0 atom stereocenters. The second kappa shape index (κ2) is 6.34. The summed E-state index contributed by atoms with van der Waals surface area (Å²) in [5.41, 5.74) is 3.14. The van der Waals surface area contributed by atoms with E-state index in [-0.39, 0.29) is 24.5 Å². The van der Waals surface area contributed by atoms with Crippen LogP contribution < -0.4 is 0 Å². The number of nitrogens with zero attached hydrogens (tertiary/aromatic N) is 3. The first-order valence-corrected chi connectivity index (χ1v) is 6.55. The lowest BCUT2D eigenvalue weighted by Crippen LogP contribution is -2.03. The molecule has 2 aromatic rings. The lowest BCUT2D eigenvalue weighted by Gasteiger charge is -2.09. The maximum absolute atomic E-state index is 12.9. The molecule has 0 aliphatic heterocycles. The van der Waals surface area contributed by atoms with Crippen LogP contribution in [0.1, 0.15) is 53.6 Å². The number of ketones is 1. The molecule has 0 bridgehead atoms. The van der Waals surface area contributed by atoms with Crippen LogP contribution in [0, 0.1) is 20.8 Å². The lowest BCUT2D eigenvalue weighted by molar-refractivity contribution is 0.100. The molecule has 22 heavy (non-hydrogen) atoms. The average Bonchev–Trinajstić information content (AvgIpc) is 2.66. The van der Waals surface area contributed by atoms with Crippen molar-refractivity contribution in [3.05, 3.63) is 34.1 Å². The van der Waals surface area contributed by atoms with Gasteiger partial charge >= 0.3 is 0 Å². The van der Waals surface area contributed by atoms with E-state index >= 15 is 0 Å². The number of aryl methyl sites for hydroxylation is 3. The van der Waals surface area contributed by atoms with Gasteiger partial charge in [0.15, 0.2) is 5.78 Å². The highest BCUT2D eigenvalue weighted by atomic mass is 19.3. The van der Waals surface area contributed by atoms with E-state index in [0.717, 1.165) is 0 Å². The Morgan fingerprint density at radius 1 is 1.23 bits per heavy atom. The number of hydrogen-bond acceptors (Lipinski definition) is 3. The molecular formula is C16H21F2N3O. The van der Waals surface area contributed by atoms with Crippen LogP contribution in [-0.4, -0.2) is 20.5 Å². The molecule has 0 unspecified atom stereocenters. The van der Waals surface area contributed by atoms with Crippen molar-refractivity contribution < 1.29 is 13.6 Å². The van der Waals surface area contributed by atoms with Gasteiger partial charge in [-0.1, -0.05) is 7.43 Å². The van der Waals surface area contributed by atoms with Gasteiger partial charge in [0.25, 0.3) is 6.43 Å². The van der Waals surface area contributed by atoms with E-state index < -0.39 is 6.43 Å². The molecule has 2 aromatic heterocycles. The first kappa shape index (κ1) is 17.9. The smallest absolute Gasteiger partial charge is 0.265 e. The summed E-state index contributed by atoms with van der Waals surface area (Å²) in [6, 6.07) is 1.43. The van der Waals surface area contributed by atoms with Crippen LogP contribution in [0.5, 0.6) is 0 Å². The van der Waals surface area contributed by atoms with E-state index in [1.807, 2.05) is 0 Å². The second-order valence-corrected chi connectivity index (χ2v) is 5.13. The lowest BCUT2D eigenvalue weighted by atomic mass is 10.0. The van der Waals surface area contributed by atoms with Crippen molar-refractivity contribution in [2.75, 3.05) is 0 Å². The fourth-order valence-corrected chi connectivity index (χ4v) is 2.53. The van der Waals surface area contributed by atoms with E-state index in [2.05, 4.69) is 10.1 Å². The summed E-state index contributed by atoms with van der Waals surface area (Å²) in [6.07, 6.45) is -2.55. The van der Waals surface area contributed by atoms with Crippen LogP contribution in [0.2, 0.25) is 0 Å². The van der Waals surface area contributed by atoms with Gasteiger partial charge in [-0.25, -0.2) is 8.78 Å². The molecule has 0 radical (unpaired) electrons. The zero-order chi connectivity index (χ0) is 15.9. The number of alkyl halides is 2. The first-order valence-electron chi connectivity index (χ1n) is 6.55. The topological polar surface area (TPSA) is 47.8 Å². The minimum atomic E-state index is -2.55. The maximum Gasteiger partial charge on any atom is 0.265 e. The molecule has 0 saturated carbocycles. The first-order chi connectivity index (χ1) is 9.73. The van der Waals surface area contributed by atoms with E-state index in [0.29, 0.717) is 28.2 Å². The molecule has 2 heterocycles. The van der Waals surface area contributed by atoms with Crippen LogP contribution in [0.25, 0.3) is 11.4 Å². The fourth-order valence-electron chi connectivity index (χ4n) is 2.53. The number of pyridine rings is 1. The predicted molar refractivity (Wildman–Crippen MR) is 82.3 cm³/mol. The normalized spacial score (nSPS) is 10.7. The Kier molecular flexibility index (Phi) is 5.17. The molecule has 6 heteroatoms. The summed E-state index contributed by atoms with van der Waals surface area (Å²) in [6.45, 7) is 6.53. The number of rotatable bonds is 3. The van der Waals surface area contributed by atoms with Crippen LogP contribution in [-0.2, 0) is 7.05 Å². The van der Waals surface area contributed by atoms with Crippen molar-refractivity contribution in [2.24, 2.45) is 7.05 Å². The number of hydrogen-bond donors (Lipinski definition) is 0. The van der Waals surface area contributed by atoms with Crippen molar-refractivity contribution in [3.8, 4) is 11.4 Å². The van der Waals surface area contributed by atoms with Gasteiger partial charge in [-0.05, 0) is 32.4 Å². The largest absolute Gasteiger partial charge is 0.293 e. The van der Waals surface area contributed by atoms with Crippen LogP contribution >= 0.6 is 0 Å². The molecule has 0 N–H and O–H groups in total. The Hall–Kier alpha value is -2.11. The Bertz CT molecular complexity index is 721. The highest BCUT2D eigenvalue weighted by molar-refractivity contribution is 5.95. The summed E-state index contributed by atoms with van der Waals surface area (Å²) in [5.74, 6) is -0.0904. The SMILES string of the molecule is C.CC(=O)c1c(C)c(-c2nc(C)c(C(F)F)cc2C)nn1C. The van der Waals surface area contributed by atoms with E-state index in [9.17, 15) is 13.6 Å². The molecule has 0 fully saturated rings. The van der Waals surface area contributed by atoms with Gasteiger partial charge in [-0.3, -0.25) is 14.5 Å². The molecular weight excluding hydrogens is 288 g/mol. The van der Waals surface area contributed by atoms with Gasteiger partial charge in [0, 0.05) is 30.8 Å². The highest BCUT2D eigenvalue weighted by Gasteiger charge is 2.21. The average molecular weight is 309 g/mol. The summed E-state index contributed by atoms with van der Waals surface area (Å²) < 4.78 is 27.3. The standard InChI is InChI=1S/C15H17F2N3O.CH4/c1-7-6-11(15(16)17)9(3)18-12(7)13-8(2)14(10(4)21)20(5)19-13;/h6,15H,1-5H3;1H4. The van der Waals surface area contributed by atoms with Gasteiger partial charge in [-0.2, -0.15) is 5.10 Å². The van der Waals surface area contributed by atoms with Gasteiger partial charge in [0.2, 0.25) is 0 Å². The van der Waals surface area contributed by atoms with Crippen molar-refractivity contribution in [3.63, 3.8) is 0 Å². The predicted octanol–water partition coefficient (Wildman–Crippen LogP) is 4.18. The molecule has 0 aromatic carbocycles. The third-order valence-corrected chi connectivity index (χ3v) is 3.52. The summed E-state index contributed by atoms with van der Waals surface area (Å²) >= 11 is 0. The number of carbonyl (C=O) groups excluding carboxylic acids is 1. The maximum atomic E-state index is 12.9. The third-order valence-electron chi connectivity index (χ3n) is 3.52. The van der Waals surface area contributed by atoms with Crippen LogP contribution in [0.4, 0.5) is 8.78 Å². The van der Waals surface area contributed by atoms with Gasteiger partial charge < -0.3 is 0 Å². The Morgan fingerprint density at radius 2 is 1.82 bits per heavy atom. The molecule has 0 spiro atoms. The van der Waals surface area contributed by atoms with Crippen LogP contribution in [0.3, 0.4) is 0 Å². The highest BCUT2D eigenvalue weighted by Crippen LogP contribution is 2.30. The summed E-state index contributed by atoms with van der Waals surface area (Å²) in [5, 5.41) is 4.32. The minimum Gasteiger partial charge on any atom is -0.293 e. The number of halogens is 2. The van der Waals surface area contributed by atoms with Gasteiger partial charge in [0.1, 0.15) is 11.4 Å². The molecule has 0 aliphatic rings. The van der Waals surface area contributed by atoms with Gasteiger partial charge in [-0.15, -0.1) is 0 Å². The van der Waals surface area contributed by atoms with E-state index in [1.165, 1.54) is 17.7 Å². The van der Waals surface area contributed by atoms with Gasteiger partial charge in [0.05, 0.1) is 5.69 Å². The Balaban J connectivity index is 0.00000242. The quantitative estimate of drug-likeness (QED) is 0.799. The summed E-state index contributed by atoms with van der Waals surface area (Å²) in [7, 11) is 1.68. The van der Waals surface area contributed by atoms with Crippen molar-refractivity contribution in [1.82, 2.24) is 14.8 Å². The zero-order valence-corrected chi connectivity index (χ0v) is 12.7. The number of aromatic nitrogens is 3. The van der Waals surface area contributed by atoms with Crippen molar-refractivity contribution in [2.45, 2.75) is 41.5 Å². The second-order valence-electron chi connectivity index (χ2n) is 5.13. The van der Waals surface area contributed by atoms with Crippen molar-refractivity contribution in [1.29, 1.82) is 0 Å². The zero-order valence-electron chi connectivity index (χ0n) is 12.7. The molecule has 0 amide bonds. The molecule has 4 nitrogen and oxygen atoms in total. The Labute approximate surface area is 129 Å². The third kappa shape index (κ3) is 2.91. The Morgan fingerprint density at radius 3 is 2.27 bits per heavy atom. The van der Waals surface area contributed by atoms with E-state index in [1.54, 1.807) is 27.8 Å². The molecule has 0 saturated heterocycles.